The van der Waals surface area contributed by atoms with E-state index in [0.29, 0.717) is 22.5 Å². The number of aromatic nitrogens is 1. The molecular weight excluding hydrogens is 283 g/mol. The smallest absolute Gasteiger partial charge is 0.251 e. The van der Waals surface area contributed by atoms with Crippen LogP contribution in [0.15, 0.2) is 59.1 Å². The number of oxazole rings is 1. The SMILES string of the molecule is CNC(=O)c1ccccc1-c1ncc(-c2ccccc2F)o1. The molecule has 3 aromatic rings. The number of nitrogens with one attached hydrogen (secondary N) is 1. The van der Waals surface area contributed by atoms with Crippen molar-refractivity contribution < 1.29 is 13.6 Å². The van der Waals surface area contributed by atoms with Gasteiger partial charge in [-0.25, -0.2) is 9.37 Å². The fraction of sp³-hybridized carbons (Fsp3) is 0.0588. The second-order valence-corrected chi connectivity index (χ2v) is 4.63. The Bertz CT molecular complexity index is 827. The highest BCUT2D eigenvalue weighted by molar-refractivity contribution is 5.99. The zero-order valence-electron chi connectivity index (χ0n) is 11.8. The van der Waals surface area contributed by atoms with E-state index >= 15 is 0 Å². The Hall–Kier alpha value is -2.95. The van der Waals surface area contributed by atoms with Crippen LogP contribution in [0.5, 0.6) is 0 Å². The second kappa shape index (κ2) is 5.81. The number of carbonyl (C=O) groups is 1. The van der Waals surface area contributed by atoms with Gasteiger partial charge in [0.2, 0.25) is 5.89 Å². The van der Waals surface area contributed by atoms with E-state index in [1.165, 1.54) is 12.3 Å². The summed E-state index contributed by atoms with van der Waals surface area (Å²) in [6.07, 6.45) is 1.45. The molecule has 1 aromatic heterocycles. The molecule has 0 saturated heterocycles. The Balaban J connectivity index is 2.06. The van der Waals surface area contributed by atoms with Gasteiger partial charge in [-0.15, -0.1) is 0 Å². The summed E-state index contributed by atoms with van der Waals surface area (Å²) in [7, 11) is 1.56. The molecule has 0 spiro atoms. The molecule has 5 heteroatoms. The number of carbonyl (C=O) groups excluding carboxylic acids is 1. The van der Waals surface area contributed by atoms with Gasteiger partial charge in [-0.05, 0) is 24.3 Å². The van der Waals surface area contributed by atoms with E-state index in [2.05, 4.69) is 10.3 Å². The predicted octanol–water partition coefficient (Wildman–Crippen LogP) is 3.51. The molecule has 0 aliphatic carbocycles. The summed E-state index contributed by atoms with van der Waals surface area (Å²) in [5, 5.41) is 2.57. The maximum absolute atomic E-state index is 13.8. The van der Waals surface area contributed by atoms with Crippen LogP contribution in [0.4, 0.5) is 4.39 Å². The fourth-order valence-electron chi connectivity index (χ4n) is 2.19. The van der Waals surface area contributed by atoms with E-state index in [1.54, 1.807) is 49.5 Å². The van der Waals surface area contributed by atoms with Gasteiger partial charge in [-0.3, -0.25) is 4.79 Å². The number of rotatable bonds is 3. The molecule has 0 bridgehead atoms. The fourth-order valence-corrected chi connectivity index (χ4v) is 2.19. The highest BCUT2D eigenvalue weighted by atomic mass is 19.1. The van der Waals surface area contributed by atoms with E-state index in [4.69, 9.17) is 4.42 Å². The number of hydrogen-bond donors (Lipinski definition) is 1. The predicted molar refractivity (Wildman–Crippen MR) is 80.7 cm³/mol. The lowest BCUT2D eigenvalue weighted by Crippen LogP contribution is -2.18. The summed E-state index contributed by atoms with van der Waals surface area (Å²) in [6, 6.07) is 13.3. The molecule has 0 unspecified atom stereocenters. The van der Waals surface area contributed by atoms with Gasteiger partial charge in [0.25, 0.3) is 5.91 Å². The summed E-state index contributed by atoms with van der Waals surface area (Å²) < 4.78 is 19.4. The minimum atomic E-state index is -0.384. The lowest BCUT2D eigenvalue weighted by atomic mass is 10.1. The topological polar surface area (TPSA) is 55.1 Å². The molecule has 4 nitrogen and oxygen atoms in total. The van der Waals surface area contributed by atoms with Crippen LogP contribution < -0.4 is 5.32 Å². The maximum atomic E-state index is 13.8. The molecule has 3 rings (SSSR count). The normalized spacial score (nSPS) is 10.5. The Morgan fingerprint density at radius 1 is 1.09 bits per heavy atom. The quantitative estimate of drug-likeness (QED) is 0.804. The summed E-state index contributed by atoms with van der Waals surface area (Å²) in [6.45, 7) is 0. The number of nitrogens with zero attached hydrogens (tertiary/aromatic N) is 1. The zero-order valence-corrected chi connectivity index (χ0v) is 11.8. The minimum Gasteiger partial charge on any atom is -0.436 e. The van der Waals surface area contributed by atoms with Crippen LogP contribution in [0.3, 0.4) is 0 Å². The first-order valence-electron chi connectivity index (χ1n) is 6.73. The average molecular weight is 296 g/mol. The van der Waals surface area contributed by atoms with Gasteiger partial charge in [-0.1, -0.05) is 24.3 Å². The monoisotopic (exact) mass is 296 g/mol. The molecule has 1 heterocycles. The van der Waals surface area contributed by atoms with Gasteiger partial charge >= 0.3 is 0 Å². The molecule has 2 aromatic carbocycles. The Morgan fingerprint density at radius 3 is 2.50 bits per heavy atom. The lowest BCUT2D eigenvalue weighted by molar-refractivity contribution is 0.0963. The van der Waals surface area contributed by atoms with Crippen LogP contribution in [0.2, 0.25) is 0 Å². The molecule has 0 radical (unpaired) electrons. The maximum Gasteiger partial charge on any atom is 0.251 e. The molecule has 0 atom stereocenters. The third-order valence-corrected chi connectivity index (χ3v) is 3.27. The first-order valence-corrected chi connectivity index (χ1v) is 6.73. The van der Waals surface area contributed by atoms with E-state index in [-0.39, 0.29) is 17.6 Å². The van der Waals surface area contributed by atoms with Gasteiger partial charge in [0.15, 0.2) is 5.76 Å². The van der Waals surface area contributed by atoms with Crippen molar-refractivity contribution in [2.45, 2.75) is 0 Å². The van der Waals surface area contributed by atoms with Crippen LogP contribution in [0.1, 0.15) is 10.4 Å². The second-order valence-electron chi connectivity index (χ2n) is 4.63. The van der Waals surface area contributed by atoms with Crippen molar-refractivity contribution in [3.05, 3.63) is 66.1 Å². The molecule has 0 fully saturated rings. The number of hydrogen-bond acceptors (Lipinski definition) is 3. The third-order valence-electron chi connectivity index (χ3n) is 3.27. The van der Waals surface area contributed by atoms with Gasteiger partial charge in [0.1, 0.15) is 5.82 Å². The number of halogens is 1. The van der Waals surface area contributed by atoms with Gasteiger partial charge < -0.3 is 9.73 Å². The van der Waals surface area contributed by atoms with Crippen molar-refractivity contribution >= 4 is 5.91 Å². The van der Waals surface area contributed by atoms with Crippen LogP contribution in [0, 0.1) is 5.82 Å². The van der Waals surface area contributed by atoms with Gasteiger partial charge in [-0.2, -0.15) is 0 Å². The zero-order chi connectivity index (χ0) is 15.5. The average Bonchev–Trinajstić information content (AvgIpc) is 3.04. The molecule has 0 aliphatic rings. The first-order chi connectivity index (χ1) is 10.7. The van der Waals surface area contributed by atoms with Crippen LogP contribution in [0.25, 0.3) is 22.8 Å². The van der Waals surface area contributed by atoms with Crippen LogP contribution in [-0.2, 0) is 0 Å². The highest BCUT2D eigenvalue weighted by Crippen LogP contribution is 2.29. The van der Waals surface area contributed by atoms with Crippen molar-refractivity contribution in [3.63, 3.8) is 0 Å². The van der Waals surface area contributed by atoms with Crippen molar-refractivity contribution in [3.8, 4) is 22.8 Å². The third kappa shape index (κ3) is 2.48. The molecular formula is C17H13FN2O2. The summed E-state index contributed by atoms with van der Waals surface area (Å²) in [5.41, 5.74) is 1.34. The van der Waals surface area contributed by atoms with Crippen molar-refractivity contribution in [1.82, 2.24) is 10.3 Å². The molecule has 110 valence electrons. The summed E-state index contributed by atoms with van der Waals surface area (Å²) in [5.74, 6) is -0.0247. The summed E-state index contributed by atoms with van der Waals surface area (Å²) >= 11 is 0. The Morgan fingerprint density at radius 2 is 1.77 bits per heavy atom. The van der Waals surface area contributed by atoms with Crippen molar-refractivity contribution in [2.75, 3.05) is 7.05 Å². The van der Waals surface area contributed by atoms with Crippen LogP contribution >= 0.6 is 0 Å². The van der Waals surface area contributed by atoms with Gasteiger partial charge in [0, 0.05) is 12.6 Å². The highest BCUT2D eigenvalue weighted by Gasteiger charge is 2.16. The summed E-state index contributed by atoms with van der Waals surface area (Å²) in [4.78, 5) is 16.1. The largest absolute Gasteiger partial charge is 0.436 e. The molecule has 22 heavy (non-hydrogen) atoms. The van der Waals surface area contributed by atoms with Crippen LogP contribution in [-0.4, -0.2) is 17.9 Å². The van der Waals surface area contributed by atoms with E-state index in [9.17, 15) is 9.18 Å². The standard InChI is InChI=1S/C17H13FN2O2/c1-19-16(21)11-6-2-3-7-12(11)17-20-10-15(22-17)13-8-4-5-9-14(13)18/h2-10H,1H3,(H,19,21). The van der Waals surface area contributed by atoms with E-state index in [1.807, 2.05) is 0 Å². The van der Waals surface area contributed by atoms with Crippen molar-refractivity contribution in [1.29, 1.82) is 0 Å². The molecule has 1 amide bonds. The molecule has 0 saturated carbocycles. The first kappa shape index (κ1) is 14.0. The number of benzene rings is 2. The molecule has 0 aliphatic heterocycles. The van der Waals surface area contributed by atoms with E-state index in [0.717, 1.165) is 0 Å². The minimum absolute atomic E-state index is 0.235. The van der Waals surface area contributed by atoms with Crippen molar-refractivity contribution in [2.24, 2.45) is 0 Å². The van der Waals surface area contributed by atoms with E-state index < -0.39 is 0 Å². The Kier molecular flexibility index (Phi) is 3.70. The Labute approximate surface area is 126 Å². The van der Waals surface area contributed by atoms with Gasteiger partial charge in [0.05, 0.1) is 17.3 Å². The lowest BCUT2D eigenvalue weighted by Gasteiger charge is -2.04. The molecule has 1 N–H and O–H groups in total. The number of amides is 1.